The summed E-state index contributed by atoms with van der Waals surface area (Å²) in [7, 11) is 1.68. The Labute approximate surface area is 180 Å². The van der Waals surface area contributed by atoms with E-state index in [-0.39, 0.29) is 12.0 Å². The van der Waals surface area contributed by atoms with Crippen LogP contribution in [0, 0.1) is 0 Å². The largest absolute Gasteiger partial charge is 0.383 e. The van der Waals surface area contributed by atoms with Crippen molar-refractivity contribution in [2.75, 3.05) is 32.2 Å². The first-order valence-electron chi connectivity index (χ1n) is 11.0. The molecule has 1 saturated heterocycles. The van der Waals surface area contributed by atoms with Crippen LogP contribution < -0.4 is 5.32 Å². The molecule has 0 spiro atoms. The van der Waals surface area contributed by atoms with Crippen LogP contribution in [0.15, 0.2) is 24.7 Å². The zero-order valence-corrected chi connectivity index (χ0v) is 18.0. The number of hydrogen-bond donors (Lipinski definition) is 1. The summed E-state index contributed by atoms with van der Waals surface area (Å²) in [6.07, 6.45) is 8.00. The maximum Gasteiger partial charge on any atom is 0.241 e. The number of ether oxygens (including phenoxy) is 2. The van der Waals surface area contributed by atoms with Gasteiger partial charge in [-0.15, -0.1) is 5.10 Å². The number of methoxy groups -OCH3 is 1. The Morgan fingerprint density at radius 2 is 2.06 bits per heavy atom. The fraction of sp³-hybridized carbons (Fsp3) is 0.591. The van der Waals surface area contributed by atoms with E-state index in [1.807, 2.05) is 28.5 Å². The summed E-state index contributed by atoms with van der Waals surface area (Å²) in [6.45, 7) is 4.00. The van der Waals surface area contributed by atoms with E-state index >= 15 is 0 Å². The van der Waals surface area contributed by atoms with Gasteiger partial charge >= 0.3 is 0 Å². The number of nitrogens with zero attached hydrogens (tertiary/aromatic N) is 5. The summed E-state index contributed by atoms with van der Waals surface area (Å²) in [5, 5.41) is 12.6. The molecule has 1 atom stereocenters. The molecule has 4 heterocycles. The van der Waals surface area contributed by atoms with Crippen LogP contribution in [0.4, 0.5) is 10.3 Å². The number of aromatic nitrogens is 5. The van der Waals surface area contributed by atoms with Gasteiger partial charge in [-0.25, -0.2) is 13.9 Å². The van der Waals surface area contributed by atoms with Crippen LogP contribution in [0.25, 0.3) is 16.6 Å². The van der Waals surface area contributed by atoms with Crippen molar-refractivity contribution < 1.29 is 13.9 Å². The third kappa shape index (κ3) is 4.04. The molecule has 0 radical (unpaired) electrons. The lowest BCUT2D eigenvalue weighted by atomic mass is 9.86. The van der Waals surface area contributed by atoms with Gasteiger partial charge in [0.05, 0.1) is 43.8 Å². The minimum atomic E-state index is -0.688. The molecule has 0 amide bonds. The SMILES string of the molecule is COC[C@H](C)Nc1ncc2c(-c3cnn(C4COC4)c3)cc(C3CCC(F)CC3)n2n1. The van der Waals surface area contributed by atoms with E-state index in [1.165, 1.54) is 0 Å². The zero-order valence-electron chi connectivity index (χ0n) is 18.0. The molecule has 9 heteroatoms. The van der Waals surface area contributed by atoms with Crippen LogP contribution in [0.2, 0.25) is 0 Å². The van der Waals surface area contributed by atoms with Crippen molar-refractivity contribution in [1.82, 2.24) is 24.4 Å². The van der Waals surface area contributed by atoms with Gasteiger partial charge in [0.2, 0.25) is 5.95 Å². The molecule has 31 heavy (non-hydrogen) atoms. The Morgan fingerprint density at radius 1 is 1.26 bits per heavy atom. The lowest BCUT2D eigenvalue weighted by Gasteiger charge is -2.25. The molecule has 3 aromatic rings. The van der Waals surface area contributed by atoms with E-state index < -0.39 is 6.17 Å². The van der Waals surface area contributed by atoms with Gasteiger partial charge in [0, 0.05) is 42.1 Å². The molecular weight excluding hydrogens is 399 g/mol. The predicted molar refractivity (Wildman–Crippen MR) is 115 cm³/mol. The number of halogens is 1. The standard InChI is InChI=1S/C22H29FN6O2/c1-14(11-30-2)26-22-24-9-21-19(16-8-25-28(10-16)18-12-31-13-18)7-20(29(21)27-22)15-3-5-17(23)6-4-15/h7-10,14-15,17-18H,3-6,11-13H2,1-2H3,(H,26,27)/t14-,15?,17?/m0/s1. The first-order valence-corrected chi connectivity index (χ1v) is 11.0. The third-order valence-electron chi connectivity index (χ3n) is 6.32. The zero-order chi connectivity index (χ0) is 21.4. The van der Waals surface area contributed by atoms with Crippen LogP contribution in [-0.2, 0) is 9.47 Å². The summed E-state index contributed by atoms with van der Waals surface area (Å²) < 4.78 is 28.2. The van der Waals surface area contributed by atoms with Crippen molar-refractivity contribution >= 4 is 11.5 Å². The molecule has 1 aliphatic carbocycles. The smallest absolute Gasteiger partial charge is 0.241 e. The van der Waals surface area contributed by atoms with E-state index in [1.54, 1.807) is 7.11 Å². The molecule has 0 unspecified atom stereocenters. The number of anilines is 1. The topological polar surface area (TPSA) is 78.5 Å². The number of hydrogen-bond acceptors (Lipinski definition) is 6. The van der Waals surface area contributed by atoms with Crippen LogP contribution in [0.5, 0.6) is 0 Å². The molecule has 1 aliphatic heterocycles. The Kier molecular flexibility index (Phi) is 5.62. The van der Waals surface area contributed by atoms with Crippen molar-refractivity contribution in [1.29, 1.82) is 0 Å². The van der Waals surface area contributed by atoms with Gasteiger partial charge in [-0.05, 0) is 38.7 Å². The fourth-order valence-electron chi connectivity index (χ4n) is 4.52. The molecule has 1 N–H and O–H groups in total. The highest BCUT2D eigenvalue weighted by Gasteiger charge is 2.27. The van der Waals surface area contributed by atoms with Crippen molar-refractivity contribution in [3.63, 3.8) is 0 Å². The second-order valence-corrected chi connectivity index (χ2v) is 8.71. The summed E-state index contributed by atoms with van der Waals surface area (Å²) in [4.78, 5) is 4.55. The number of fused-ring (bicyclic) bond motifs is 1. The molecule has 2 aliphatic rings. The molecule has 1 saturated carbocycles. The molecule has 0 aromatic carbocycles. The van der Waals surface area contributed by atoms with Crippen molar-refractivity contribution in [3.8, 4) is 11.1 Å². The highest BCUT2D eigenvalue weighted by atomic mass is 19.1. The maximum absolute atomic E-state index is 13.8. The maximum atomic E-state index is 13.8. The van der Waals surface area contributed by atoms with Crippen molar-refractivity contribution in [2.24, 2.45) is 0 Å². The second kappa shape index (κ2) is 8.55. The van der Waals surface area contributed by atoms with Crippen LogP contribution in [0.3, 0.4) is 0 Å². The van der Waals surface area contributed by atoms with Crippen LogP contribution in [0.1, 0.15) is 50.3 Å². The van der Waals surface area contributed by atoms with E-state index in [4.69, 9.17) is 14.6 Å². The summed E-state index contributed by atoms with van der Waals surface area (Å²) >= 11 is 0. The summed E-state index contributed by atoms with van der Waals surface area (Å²) in [6, 6.07) is 2.58. The molecule has 5 rings (SSSR count). The highest BCUT2D eigenvalue weighted by molar-refractivity contribution is 5.81. The monoisotopic (exact) mass is 428 g/mol. The number of rotatable bonds is 7. The van der Waals surface area contributed by atoms with E-state index in [9.17, 15) is 4.39 Å². The minimum absolute atomic E-state index is 0.0887. The van der Waals surface area contributed by atoms with E-state index in [2.05, 4.69) is 27.7 Å². The van der Waals surface area contributed by atoms with Crippen LogP contribution >= 0.6 is 0 Å². The van der Waals surface area contributed by atoms with Gasteiger partial charge < -0.3 is 14.8 Å². The Morgan fingerprint density at radius 3 is 2.77 bits per heavy atom. The highest BCUT2D eigenvalue weighted by Crippen LogP contribution is 2.38. The minimum Gasteiger partial charge on any atom is -0.383 e. The number of alkyl halides is 1. The molecule has 2 fully saturated rings. The summed E-state index contributed by atoms with van der Waals surface area (Å²) in [5.74, 6) is 0.837. The fourth-order valence-corrected chi connectivity index (χ4v) is 4.52. The average Bonchev–Trinajstić information content (AvgIpc) is 3.32. The van der Waals surface area contributed by atoms with Gasteiger partial charge in [0.1, 0.15) is 6.17 Å². The second-order valence-electron chi connectivity index (χ2n) is 8.71. The molecular formula is C22H29FN6O2. The molecule has 0 bridgehead atoms. The summed E-state index contributed by atoms with van der Waals surface area (Å²) in [5.41, 5.74) is 4.14. The third-order valence-corrected chi connectivity index (χ3v) is 6.32. The molecule has 3 aromatic heterocycles. The van der Waals surface area contributed by atoms with Gasteiger partial charge in [-0.2, -0.15) is 5.10 Å². The lowest BCUT2D eigenvalue weighted by molar-refractivity contribution is -0.0286. The average molecular weight is 429 g/mol. The Balaban J connectivity index is 1.53. The van der Waals surface area contributed by atoms with E-state index in [0.717, 1.165) is 35.2 Å². The van der Waals surface area contributed by atoms with E-state index in [0.29, 0.717) is 44.7 Å². The van der Waals surface area contributed by atoms with Gasteiger partial charge in [0.15, 0.2) is 0 Å². The Hall–Kier alpha value is -2.52. The predicted octanol–water partition coefficient (Wildman–Crippen LogP) is 3.61. The molecule has 8 nitrogen and oxygen atoms in total. The van der Waals surface area contributed by atoms with Gasteiger partial charge in [-0.1, -0.05) is 0 Å². The van der Waals surface area contributed by atoms with Gasteiger partial charge in [0.25, 0.3) is 0 Å². The van der Waals surface area contributed by atoms with Crippen molar-refractivity contribution in [2.45, 2.75) is 56.8 Å². The molecule has 166 valence electrons. The normalized spacial score (nSPS) is 23.1. The Bertz CT molecular complexity index is 1040. The number of nitrogens with one attached hydrogen (secondary N) is 1. The van der Waals surface area contributed by atoms with Crippen LogP contribution in [-0.4, -0.2) is 63.5 Å². The quantitative estimate of drug-likeness (QED) is 0.619. The first kappa shape index (κ1) is 20.4. The lowest BCUT2D eigenvalue weighted by Crippen LogP contribution is -2.30. The van der Waals surface area contributed by atoms with Gasteiger partial charge in [-0.3, -0.25) is 4.68 Å². The van der Waals surface area contributed by atoms with Crippen molar-refractivity contribution in [3.05, 3.63) is 30.4 Å². The first-order chi connectivity index (χ1) is 15.1.